The van der Waals surface area contributed by atoms with E-state index < -0.39 is 17.2 Å². The molecule has 0 saturated heterocycles. The van der Waals surface area contributed by atoms with E-state index in [2.05, 4.69) is 5.16 Å². The van der Waals surface area contributed by atoms with Gasteiger partial charge in [-0.3, -0.25) is 4.79 Å². The number of rotatable bonds is 1. The quantitative estimate of drug-likeness (QED) is 0.661. The number of ketones is 1. The highest BCUT2D eigenvalue weighted by Crippen LogP contribution is 2.30. The largest absolute Gasteiger partial charge is 0.455 e. The maximum Gasteiger partial charge on any atom is 0.356 e. The molecule has 1 heterocycles. The van der Waals surface area contributed by atoms with Crippen LogP contribution in [0.3, 0.4) is 0 Å². The zero-order valence-corrected chi connectivity index (χ0v) is 10.6. The predicted molar refractivity (Wildman–Crippen MR) is 65.0 cm³/mol. The minimum absolute atomic E-state index is 0.102. The van der Waals surface area contributed by atoms with Crippen molar-refractivity contribution in [3.63, 3.8) is 0 Å². The van der Waals surface area contributed by atoms with Crippen molar-refractivity contribution in [2.45, 2.75) is 38.4 Å². The van der Waals surface area contributed by atoms with E-state index in [0.29, 0.717) is 0 Å². The van der Waals surface area contributed by atoms with Gasteiger partial charge in [0.15, 0.2) is 17.1 Å². The van der Waals surface area contributed by atoms with Crippen LogP contribution in [0.2, 0.25) is 0 Å². The minimum atomic E-state index is -0.805. The molecule has 0 atom stereocenters. The van der Waals surface area contributed by atoms with E-state index in [4.69, 9.17) is 9.57 Å². The molecule has 2 aliphatic rings. The fourth-order valence-corrected chi connectivity index (χ4v) is 1.65. The van der Waals surface area contributed by atoms with Crippen LogP contribution in [0, 0.1) is 0 Å². The molecule has 0 unspecified atom stereocenters. The van der Waals surface area contributed by atoms with Crippen LogP contribution in [0.15, 0.2) is 29.5 Å². The summed E-state index contributed by atoms with van der Waals surface area (Å²) < 4.78 is 5.21. The molecule has 0 amide bonds. The Morgan fingerprint density at radius 3 is 2.56 bits per heavy atom. The van der Waals surface area contributed by atoms with Crippen LogP contribution >= 0.6 is 0 Å². The van der Waals surface area contributed by atoms with Gasteiger partial charge in [0, 0.05) is 0 Å². The van der Waals surface area contributed by atoms with E-state index in [1.165, 1.54) is 12.2 Å². The summed E-state index contributed by atoms with van der Waals surface area (Å²) in [5, 5.41) is 3.75. The highest BCUT2D eigenvalue weighted by molar-refractivity contribution is 6.37. The zero-order valence-electron chi connectivity index (χ0n) is 10.6. The topological polar surface area (TPSA) is 65.0 Å². The molecule has 0 aromatic carbocycles. The summed E-state index contributed by atoms with van der Waals surface area (Å²) in [6, 6.07) is 0. The molecule has 5 heteroatoms. The van der Waals surface area contributed by atoms with Gasteiger partial charge in [0.05, 0.1) is 6.42 Å². The fraction of sp³-hybridized carbons (Fsp3) is 0.462. The third kappa shape index (κ3) is 2.67. The number of allylic oxidation sites excluding steroid dienone is 2. The molecule has 0 saturated carbocycles. The first kappa shape index (κ1) is 12.5. The van der Waals surface area contributed by atoms with E-state index in [-0.39, 0.29) is 17.9 Å². The van der Waals surface area contributed by atoms with Crippen molar-refractivity contribution in [2.24, 2.45) is 5.16 Å². The first-order chi connectivity index (χ1) is 8.30. The molecule has 0 bridgehead atoms. The Kier molecular flexibility index (Phi) is 2.84. The second-order valence-electron chi connectivity index (χ2n) is 5.33. The number of carbonyl (C=O) groups excluding carboxylic acids is 2. The normalized spacial score (nSPS) is 20.8. The van der Waals surface area contributed by atoms with Crippen LogP contribution in [0.5, 0.6) is 0 Å². The van der Waals surface area contributed by atoms with Gasteiger partial charge in [-0.05, 0) is 45.1 Å². The Morgan fingerprint density at radius 2 is 2.00 bits per heavy atom. The van der Waals surface area contributed by atoms with E-state index >= 15 is 0 Å². The van der Waals surface area contributed by atoms with Crippen molar-refractivity contribution < 1.29 is 19.2 Å². The van der Waals surface area contributed by atoms with Crippen LogP contribution < -0.4 is 0 Å². The maximum absolute atomic E-state index is 11.8. The number of oxime groups is 1. The van der Waals surface area contributed by atoms with E-state index in [0.717, 1.165) is 0 Å². The van der Waals surface area contributed by atoms with Gasteiger partial charge in [0.25, 0.3) is 0 Å². The zero-order chi connectivity index (χ0) is 13.4. The van der Waals surface area contributed by atoms with Crippen molar-refractivity contribution in [3.05, 3.63) is 24.3 Å². The molecular formula is C13H15NO4. The Labute approximate surface area is 105 Å². The van der Waals surface area contributed by atoms with E-state index in [1.54, 1.807) is 32.9 Å². The molecule has 0 aromatic rings. The van der Waals surface area contributed by atoms with Crippen LogP contribution in [0.4, 0.5) is 0 Å². The van der Waals surface area contributed by atoms with E-state index in [9.17, 15) is 9.59 Å². The third-order valence-corrected chi connectivity index (χ3v) is 2.46. The van der Waals surface area contributed by atoms with Gasteiger partial charge in [-0.1, -0.05) is 5.16 Å². The average molecular weight is 249 g/mol. The number of carbonyl (C=O) groups is 2. The molecule has 1 aliphatic heterocycles. The second kappa shape index (κ2) is 4.08. The summed E-state index contributed by atoms with van der Waals surface area (Å²) in [7, 11) is 0. The number of esters is 1. The lowest BCUT2D eigenvalue weighted by atomic mass is 9.92. The molecule has 5 nitrogen and oxygen atoms in total. The SMILES string of the molecule is CC(C)(C)OC(=O)C1=NOC2(C=CC(=O)C=C2)C1. The standard InChI is InChI=1S/C13H15NO4/c1-12(2,3)17-11(16)10-8-13(18-14-10)6-4-9(15)5-7-13/h4-7H,8H2,1-3H3. The first-order valence-corrected chi connectivity index (χ1v) is 5.71. The van der Waals surface area contributed by atoms with Gasteiger partial charge < -0.3 is 9.57 Å². The summed E-state index contributed by atoms with van der Waals surface area (Å²) >= 11 is 0. The van der Waals surface area contributed by atoms with Gasteiger partial charge in [0.2, 0.25) is 0 Å². The summed E-state index contributed by atoms with van der Waals surface area (Å²) in [6.07, 6.45) is 6.32. The fourth-order valence-electron chi connectivity index (χ4n) is 1.65. The molecule has 1 aliphatic carbocycles. The number of ether oxygens (including phenoxy) is 1. The predicted octanol–water partition coefficient (Wildman–Crippen LogP) is 1.54. The Hall–Kier alpha value is -1.91. The van der Waals surface area contributed by atoms with Gasteiger partial charge in [-0.15, -0.1) is 0 Å². The second-order valence-corrected chi connectivity index (χ2v) is 5.33. The lowest BCUT2D eigenvalue weighted by molar-refractivity contribution is -0.146. The molecule has 0 radical (unpaired) electrons. The van der Waals surface area contributed by atoms with Gasteiger partial charge in [-0.2, -0.15) is 0 Å². The summed E-state index contributed by atoms with van der Waals surface area (Å²) in [5.74, 6) is -0.590. The number of hydrogen-bond acceptors (Lipinski definition) is 5. The minimum Gasteiger partial charge on any atom is -0.455 e. The van der Waals surface area contributed by atoms with Gasteiger partial charge in [0.1, 0.15) is 5.60 Å². The summed E-state index contributed by atoms with van der Waals surface area (Å²) in [4.78, 5) is 28.1. The van der Waals surface area contributed by atoms with Crippen molar-refractivity contribution in [1.29, 1.82) is 0 Å². The Morgan fingerprint density at radius 1 is 1.39 bits per heavy atom. The molecule has 0 aromatic heterocycles. The molecule has 0 fully saturated rings. The Bertz CT molecular complexity index is 464. The molecule has 96 valence electrons. The van der Waals surface area contributed by atoms with Crippen molar-refractivity contribution in [1.82, 2.24) is 0 Å². The molecule has 0 N–H and O–H groups in total. The van der Waals surface area contributed by atoms with Gasteiger partial charge in [-0.25, -0.2) is 4.79 Å². The monoisotopic (exact) mass is 249 g/mol. The average Bonchev–Trinajstić information content (AvgIpc) is 2.65. The van der Waals surface area contributed by atoms with Crippen molar-refractivity contribution >= 4 is 17.5 Å². The van der Waals surface area contributed by atoms with Crippen molar-refractivity contribution in [2.75, 3.05) is 0 Å². The number of nitrogens with zero attached hydrogens (tertiary/aromatic N) is 1. The van der Waals surface area contributed by atoms with Crippen LogP contribution in [0.25, 0.3) is 0 Å². The molecular weight excluding hydrogens is 234 g/mol. The lowest BCUT2D eigenvalue weighted by Crippen LogP contribution is -2.32. The van der Waals surface area contributed by atoms with E-state index in [1.807, 2.05) is 0 Å². The van der Waals surface area contributed by atoms with Crippen LogP contribution in [0.1, 0.15) is 27.2 Å². The Balaban J connectivity index is 2.04. The number of hydrogen-bond donors (Lipinski definition) is 0. The molecule has 2 rings (SSSR count). The molecule has 1 spiro atoms. The smallest absolute Gasteiger partial charge is 0.356 e. The van der Waals surface area contributed by atoms with Gasteiger partial charge >= 0.3 is 5.97 Å². The van der Waals surface area contributed by atoms with Crippen molar-refractivity contribution in [3.8, 4) is 0 Å². The maximum atomic E-state index is 11.8. The first-order valence-electron chi connectivity index (χ1n) is 5.71. The third-order valence-electron chi connectivity index (χ3n) is 2.46. The molecule has 18 heavy (non-hydrogen) atoms. The van der Waals surface area contributed by atoms with Crippen LogP contribution in [-0.4, -0.2) is 28.7 Å². The summed E-state index contributed by atoms with van der Waals surface area (Å²) in [6.45, 7) is 5.36. The highest BCUT2D eigenvalue weighted by Gasteiger charge is 2.40. The summed E-state index contributed by atoms with van der Waals surface area (Å²) in [5.41, 5.74) is -1.14. The lowest BCUT2D eigenvalue weighted by Gasteiger charge is -2.21. The highest BCUT2D eigenvalue weighted by atomic mass is 16.7. The van der Waals surface area contributed by atoms with Crippen LogP contribution in [-0.2, 0) is 19.2 Å².